The van der Waals surface area contributed by atoms with Crippen molar-refractivity contribution in [3.8, 4) is 5.75 Å². The van der Waals surface area contributed by atoms with Gasteiger partial charge in [0.15, 0.2) is 5.84 Å². The van der Waals surface area contributed by atoms with E-state index in [1.165, 1.54) is 0 Å². The van der Waals surface area contributed by atoms with E-state index in [0.717, 1.165) is 27.9 Å². The molecule has 3 aliphatic heterocycles. The summed E-state index contributed by atoms with van der Waals surface area (Å²) >= 11 is 3.72. The lowest BCUT2D eigenvalue weighted by atomic mass is 9.81. The van der Waals surface area contributed by atoms with E-state index in [9.17, 15) is 9.59 Å². The van der Waals surface area contributed by atoms with E-state index in [4.69, 9.17) is 9.47 Å². The van der Waals surface area contributed by atoms with E-state index >= 15 is 0 Å². The summed E-state index contributed by atoms with van der Waals surface area (Å²) < 4.78 is 12.4. The van der Waals surface area contributed by atoms with Gasteiger partial charge in [0.25, 0.3) is 5.91 Å². The molecule has 9 heteroatoms. The van der Waals surface area contributed by atoms with Gasteiger partial charge >= 0.3 is 6.09 Å². The number of carbonyl (C=O) groups is 2. The van der Waals surface area contributed by atoms with Gasteiger partial charge in [-0.1, -0.05) is 22.9 Å². The second kappa shape index (κ2) is 8.00. The lowest BCUT2D eigenvalue weighted by Crippen LogP contribution is -2.55. The summed E-state index contributed by atoms with van der Waals surface area (Å²) in [7, 11) is 0. The van der Waals surface area contributed by atoms with Crippen LogP contribution in [0.1, 0.15) is 52.5 Å². The maximum atomic E-state index is 12.5. The smallest absolute Gasteiger partial charge is 0.410 e. The summed E-state index contributed by atoms with van der Waals surface area (Å²) in [5.41, 5.74) is 4.06. The number of carbonyl (C=O) groups excluding carboxylic acids is 2. The van der Waals surface area contributed by atoms with Gasteiger partial charge in [-0.15, -0.1) is 0 Å². The second-order valence-electron chi connectivity index (χ2n) is 9.48. The number of likely N-dealkylation sites (tertiary alicyclic amines) is 1. The van der Waals surface area contributed by atoms with Gasteiger partial charge < -0.3 is 19.3 Å². The van der Waals surface area contributed by atoms with Crippen LogP contribution < -0.4 is 15.1 Å². The Labute approximate surface area is 191 Å². The highest BCUT2D eigenvalue weighted by atomic mass is 79.9. The Morgan fingerprint density at radius 1 is 1.32 bits per heavy atom. The van der Waals surface area contributed by atoms with E-state index in [1.54, 1.807) is 4.90 Å². The third kappa shape index (κ3) is 4.24. The fourth-order valence-corrected chi connectivity index (χ4v) is 5.06. The average Bonchev–Trinajstić information content (AvgIpc) is 2.69. The first kappa shape index (κ1) is 21.9. The summed E-state index contributed by atoms with van der Waals surface area (Å²) in [6.07, 6.45) is 0.569. The summed E-state index contributed by atoms with van der Waals surface area (Å²) in [4.78, 5) is 28.5. The number of benzene rings is 1. The lowest BCUT2D eigenvalue weighted by molar-refractivity contribution is -0.122. The van der Waals surface area contributed by atoms with E-state index in [1.807, 2.05) is 38.7 Å². The molecule has 3 aliphatic rings. The molecule has 2 amide bonds. The Hall–Kier alpha value is -2.29. The van der Waals surface area contributed by atoms with Crippen LogP contribution in [-0.4, -0.2) is 54.1 Å². The van der Waals surface area contributed by atoms with Crippen molar-refractivity contribution in [2.24, 2.45) is 11.0 Å². The van der Waals surface area contributed by atoms with Crippen LogP contribution in [0.3, 0.4) is 0 Å². The fourth-order valence-electron chi connectivity index (χ4n) is 4.45. The van der Waals surface area contributed by atoms with Crippen LogP contribution in [0, 0.1) is 5.92 Å². The second-order valence-corrected chi connectivity index (χ2v) is 10.3. The quantitative estimate of drug-likeness (QED) is 0.643. The fraction of sp³-hybridized carbons (Fsp3) is 0.591. The number of hydrogen-bond acceptors (Lipinski definition) is 6. The molecule has 0 unspecified atom stereocenters. The molecule has 1 saturated heterocycles. The molecule has 1 aromatic carbocycles. The number of fused-ring (bicyclic) bond motifs is 3. The highest BCUT2D eigenvalue weighted by Gasteiger charge is 2.38. The zero-order valence-electron chi connectivity index (χ0n) is 18.6. The van der Waals surface area contributed by atoms with Gasteiger partial charge in [-0.2, -0.15) is 5.10 Å². The highest BCUT2D eigenvalue weighted by molar-refractivity contribution is 9.10. The SMILES string of the molecule is C[C@@H]1CN(C(=O)OC(C)(C)C)CC[C@@H]1c1cc2c(cc1Br)OCC1=NNC(=O)[C@@H](C)N12. The molecule has 0 radical (unpaired) electrons. The number of anilines is 1. The molecule has 3 atom stereocenters. The van der Waals surface area contributed by atoms with Gasteiger partial charge in [0.05, 0.1) is 5.69 Å². The van der Waals surface area contributed by atoms with Crippen molar-refractivity contribution < 1.29 is 19.1 Å². The minimum Gasteiger partial charge on any atom is -0.483 e. The standard InChI is InChI=1S/C22H29BrN4O4/c1-12-10-26(21(29)31-22(3,4)5)7-6-14(12)15-8-17-18(9-16(15)23)30-11-19-24-25-20(28)13(2)27(17)19/h8-9,12-14H,6-7,10-11H2,1-5H3,(H,25,28)/t12-,13-,14+/m1/s1. The summed E-state index contributed by atoms with van der Waals surface area (Å²) in [5, 5.41) is 4.17. The van der Waals surface area contributed by atoms with Crippen molar-refractivity contribution in [2.75, 3.05) is 24.6 Å². The zero-order chi connectivity index (χ0) is 22.5. The van der Waals surface area contributed by atoms with Gasteiger partial charge in [-0.3, -0.25) is 4.79 Å². The Bertz CT molecular complexity index is 942. The van der Waals surface area contributed by atoms with Crippen LogP contribution in [-0.2, 0) is 9.53 Å². The third-order valence-electron chi connectivity index (χ3n) is 5.99. The van der Waals surface area contributed by atoms with Gasteiger partial charge in [0, 0.05) is 17.6 Å². The monoisotopic (exact) mass is 492 g/mol. The van der Waals surface area contributed by atoms with Crippen molar-refractivity contribution in [3.63, 3.8) is 0 Å². The van der Waals surface area contributed by atoms with E-state index in [0.29, 0.717) is 25.5 Å². The highest BCUT2D eigenvalue weighted by Crippen LogP contribution is 2.44. The first-order chi connectivity index (χ1) is 14.5. The molecular formula is C22H29BrN4O4. The number of ether oxygens (including phenoxy) is 2. The Morgan fingerprint density at radius 2 is 2.06 bits per heavy atom. The van der Waals surface area contributed by atoms with Crippen molar-refractivity contribution in [3.05, 3.63) is 22.2 Å². The molecule has 31 heavy (non-hydrogen) atoms. The van der Waals surface area contributed by atoms with Gasteiger partial charge in [0.1, 0.15) is 24.0 Å². The molecule has 0 spiro atoms. The average molecular weight is 493 g/mol. The summed E-state index contributed by atoms with van der Waals surface area (Å²) in [5.74, 6) is 1.79. The maximum Gasteiger partial charge on any atom is 0.410 e. The summed E-state index contributed by atoms with van der Waals surface area (Å²) in [6.45, 7) is 11.3. The molecule has 1 fully saturated rings. The van der Waals surface area contributed by atoms with Crippen LogP contribution in [0.5, 0.6) is 5.75 Å². The predicted molar refractivity (Wildman–Crippen MR) is 121 cm³/mol. The van der Waals surface area contributed by atoms with Crippen LogP contribution in [0.2, 0.25) is 0 Å². The van der Waals surface area contributed by atoms with Crippen molar-refractivity contribution in [1.82, 2.24) is 10.3 Å². The lowest BCUT2D eigenvalue weighted by Gasteiger charge is -2.40. The topological polar surface area (TPSA) is 83.5 Å². The van der Waals surface area contributed by atoms with Crippen molar-refractivity contribution in [2.45, 2.75) is 58.6 Å². The van der Waals surface area contributed by atoms with Crippen molar-refractivity contribution in [1.29, 1.82) is 0 Å². The van der Waals surface area contributed by atoms with Crippen molar-refractivity contribution >= 4 is 39.5 Å². The molecule has 4 rings (SSSR count). The first-order valence-electron chi connectivity index (χ1n) is 10.6. The molecule has 0 aromatic heterocycles. The minimum atomic E-state index is -0.505. The van der Waals surface area contributed by atoms with E-state index < -0.39 is 5.60 Å². The van der Waals surface area contributed by atoms with Crippen LogP contribution >= 0.6 is 15.9 Å². The van der Waals surface area contributed by atoms with Crippen LogP contribution in [0.25, 0.3) is 0 Å². The number of nitrogens with zero attached hydrogens (tertiary/aromatic N) is 3. The maximum absolute atomic E-state index is 12.5. The molecular weight excluding hydrogens is 464 g/mol. The first-order valence-corrected chi connectivity index (χ1v) is 11.4. The van der Waals surface area contributed by atoms with E-state index in [-0.39, 0.29) is 29.9 Å². The Morgan fingerprint density at radius 3 is 2.74 bits per heavy atom. The van der Waals surface area contributed by atoms with Gasteiger partial charge in [0.2, 0.25) is 0 Å². The number of piperidine rings is 1. The van der Waals surface area contributed by atoms with Gasteiger partial charge in [-0.05, 0) is 63.6 Å². The molecule has 0 saturated carbocycles. The molecule has 3 heterocycles. The number of nitrogens with one attached hydrogen (secondary N) is 1. The predicted octanol–water partition coefficient (Wildman–Crippen LogP) is 3.84. The van der Waals surface area contributed by atoms with Crippen LogP contribution in [0.15, 0.2) is 21.7 Å². The zero-order valence-corrected chi connectivity index (χ0v) is 20.2. The number of halogens is 1. The molecule has 1 aromatic rings. The largest absolute Gasteiger partial charge is 0.483 e. The molecule has 0 bridgehead atoms. The normalized spacial score (nSPS) is 25.7. The number of amides is 2. The summed E-state index contributed by atoms with van der Waals surface area (Å²) in [6, 6.07) is 3.72. The molecule has 168 valence electrons. The Kier molecular flexibility index (Phi) is 5.66. The van der Waals surface area contributed by atoms with Gasteiger partial charge in [-0.25, -0.2) is 10.2 Å². The van der Waals surface area contributed by atoms with Crippen LogP contribution in [0.4, 0.5) is 10.5 Å². The number of amidine groups is 1. The molecule has 8 nitrogen and oxygen atoms in total. The number of rotatable bonds is 1. The molecule has 0 aliphatic carbocycles. The minimum absolute atomic E-state index is 0.139. The van der Waals surface area contributed by atoms with E-state index in [2.05, 4.69) is 39.4 Å². The molecule has 1 N–H and O–H groups in total. The third-order valence-corrected chi connectivity index (χ3v) is 6.68. The number of hydrogen-bond donors (Lipinski definition) is 1. The Balaban J connectivity index is 1.59. The number of hydrazone groups is 1.